The van der Waals surface area contributed by atoms with Crippen molar-refractivity contribution in [1.29, 1.82) is 0 Å². The topological polar surface area (TPSA) is 80.4 Å². The zero-order chi connectivity index (χ0) is 15.6. The van der Waals surface area contributed by atoms with Crippen molar-refractivity contribution >= 4 is 39.3 Å². The molecule has 0 heterocycles. The van der Waals surface area contributed by atoms with Crippen molar-refractivity contribution in [2.45, 2.75) is 9.79 Å². The molecule has 2 rings (SSSR count). The molecule has 0 aromatic heterocycles. The van der Waals surface area contributed by atoms with E-state index in [1.807, 2.05) is 0 Å². The van der Waals surface area contributed by atoms with Gasteiger partial charge in [0.1, 0.15) is 5.82 Å². The Labute approximate surface area is 131 Å². The monoisotopic (exact) mass is 371 g/mol. The maximum absolute atomic E-state index is 13.5. The Bertz CT molecular complexity index is 721. The van der Waals surface area contributed by atoms with Gasteiger partial charge < -0.3 is 5.11 Å². The molecule has 108 valence electrons. The second-order valence-corrected chi connectivity index (χ2v) is 5.95. The first-order valence-electron chi connectivity index (χ1n) is 5.53. The lowest BCUT2D eigenvalue weighted by atomic mass is 10.2. The fraction of sp³-hybridized carbons (Fsp3) is 0. The van der Waals surface area contributed by atoms with Crippen LogP contribution in [0.3, 0.4) is 0 Å². The maximum atomic E-state index is 13.5. The standard InChI is InChI=1S/C13H7BrFNO4S/c14-7-1-3-8(4-2-7)21-12-5-9(13(17)18)10(15)6-11(12)16(19)20/h1-6H,(H,17,18). The van der Waals surface area contributed by atoms with Gasteiger partial charge in [-0.1, -0.05) is 27.7 Å². The molecular formula is C13H7BrFNO4S. The highest BCUT2D eigenvalue weighted by Gasteiger charge is 2.22. The molecule has 0 aliphatic heterocycles. The number of nitrogens with zero attached hydrogens (tertiary/aromatic N) is 1. The van der Waals surface area contributed by atoms with Gasteiger partial charge in [0, 0.05) is 9.37 Å². The summed E-state index contributed by atoms with van der Waals surface area (Å²) in [5, 5.41) is 19.9. The third-order valence-corrected chi connectivity index (χ3v) is 4.10. The smallest absolute Gasteiger partial charge is 0.338 e. The van der Waals surface area contributed by atoms with Crippen LogP contribution in [0.15, 0.2) is 50.7 Å². The number of carboxylic acid groups (broad SMARTS) is 1. The molecule has 0 unspecified atom stereocenters. The molecule has 0 aliphatic carbocycles. The number of hydrogen-bond donors (Lipinski definition) is 1. The lowest BCUT2D eigenvalue weighted by molar-refractivity contribution is -0.387. The molecule has 2 aromatic carbocycles. The highest BCUT2D eigenvalue weighted by Crippen LogP contribution is 2.36. The van der Waals surface area contributed by atoms with Crippen molar-refractivity contribution in [2.24, 2.45) is 0 Å². The predicted octanol–water partition coefficient (Wildman–Crippen LogP) is 4.35. The van der Waals surface area contributed by atoms with E-state index in [-0.39, 0.29) is 4.90 Å². The number of aromatic carboxylic acids is 1. The van der Waals surface area contributed by atoms with Crippen LogP contribution in [0.1, 0.15) is 10.4 Å². The number of nitro benzene ring substituents is 1. The van der Waals surface area contributed by atoms with Crippen LogP contribution in [0.5, 0.6) is 0 Å². The first-order chi connectivity index (χ1) is 9.88. The largest absolute Gasteiger partial charge is 0.478 e. The number of benzene rings is 2. The van der Waals surface area contributed by atoms with E-state index in [4.69, 9.17) is 5.11 Å². The van der Waals surface area contributed by atoms with Gasteiger partial charge in [-0.05, 0) is 30.3 Å². The van der Waals surface area contributed by atoms with Crippen molar-refractivity contribution < 1.29 is 19.2 Å². The number of rotatable bonds is 4. The summed E-state index contributed by atoms with van der Waals surface area (Å²) in [7, 11) is 0. The summed E-state index contributed by atoms with van der Waals surface area (Å²) in [4.78, 5) is 21.9. The molecule has 1 N–H and O–H groups in total. The number of nitro groups is 1. The third kappa shape index (κ3) is 3.59. The van der Waals surface area contributed by atoms with E-state index in [2.05, 4.69) is 15.9 Å². The van der Waals surface area contributed by atoms with E-state index in [0.29, 0.717) is 11.0 Å². The highest BCUT2D eigenvalue weighted by molar-refractivity contribution is 9.10. The molecule has 0 bridgehead atoms. The lowest BCUT2D eigenvalue weighted by Crippen LogP contribution is -2.03. The Morgan fingerprint density at radius 1 is 1.29 bits per heavy atom. The normalized spacial score (nSPS) is 10.4. The van der Waals surface area contributed by atoms with Crippen molar-refractivity contribution in [3.8, 4) is 0 Å². The van der Waals surface area contributed by atoms with Crippen molar-refractivity contribution in [1.82, 2.24) is 0 Å². The minimum absolute atomic E-state index is 0.0705. The zero-order valence-electron chi connectivity index (χ0n) is 10.2. The molecule has 0 amide bonds. The molecule has 21 heavy (non-hydrogen) atoms. The van der Waals surface area contributed by atoms with E-state index in [1.54, 1.807) is 24.3 Å². The SMILES string of the molecule is O=C(O)c1cc(Sc2ccc(Br)cc2)c([N+](=O)[O-])cc1F. The molecule has 0 saturated heterocycles. The fourth-order valence-electron chi connectivity index (χ4n) is 1.56. The highest BCUT2D eigenvalue weighted by atomic mass is 79.9. The molecule has 0 aliphatic rings. The molecule has 8 heteroatoms. The second-order valence-electron chi connectivity index (χ2n) is 3.92. The molecule has 0 atom stereocenters. The van der Waals surface area contributed by atoms with E-state index < -0.39 is 28.0 Å². The Morgan fingerprint density at radius 3 is 2.43 bits per heavy atom. The number of hydrogen-bond acceptors (Lipinski definition) is 4. The molecule has 5 nitrogen and oxygen atoms in total. The first-order valence-corrected chi connectivity index (χ1v) is 7.14. The average Bonchev–Trinajstić information content (AvgIpc) is 2.42. The predicted molar refractivity (Wildman–Crippen MR) is 78.3 cm³/mol. The molecular weight excluding hydrogens is 365 g/mol. The van der Waals surface area contributed by atoms with Gasteiger partial charge in [-0.15, -0.1) is 0 Å². The Kier molecular flexibility index (Phi) is 4.59. The quantitative estimate of drug-likeness (QED) is 0.638. The van der Waals surface area contributed by atoms with Crippen LogP contribution in [0, 0.1) is 15.9 Å². The van der Waals surface area contributed by atoms with Crippen LogP contribution < -0.4 is 0 Å². The van der Waals surface area contributed by atoms with Crippen LogP contribution in [0.4, 0.5) is 10.1 Å². The minimum Gasteiger partial charge on any atom is -0.478 e. The third-order valence-electron chi connectivity index (χ3n) is 2.52. The Morgan fingerprint density at radius 2 is 1.90 bits per heavy atom. The van der Waals surface area contributed by atoms with Crippen LogP contribution in [0.2, 0.25) is 0 Å². The van der Waals surface area contributed by atoms with Gasteiger partial charge in [-0.2, -0.15) is 0 Å². The van der Waals surface area contributed by atoms with Gasteiger partial charge >= 0.3 is 5.97 Å². The van der Waals surface area contributed by atoms with Crippen molar-refractivity contribution in [3.05, 3.63) is 62.4 Å². The number of carbonyl (C=O) groups is 1. The summed E-state index contributed by atoms with van der Waals surface area (Å²) < 4.78 is 14.4. The van der Waals surface area contributed by atoms with Gasteiger partial charge in [0.15, 0.2) is 0 Å². The van der Waals surface area contributed by atoms with Crippen LogP contribution in [-0.4, -0.2) is 16.0 Å². The average molecular weight is 372 g/mol. The van der Waals surface area contributed by atoms with Crippen LogP contribution in [-0.2, 0) is 0 Å². The molecule has 2 aromatic rings. The Hall–Kier alpha value is -1.93. The molecule has 0 radical (unpaired) electrons. The lowest BCUT2D eigenvalue weighted by Gasteiger charge is -2.06. The van der Waals surface area contributed by atoms with E-state index in [1.165, 1.54) is 0 Å². The summed E-state index contributed by atoms with van der Waals surface area (Å²) in [6, 6.07) is 8.52. The Balaban J connectivity index is 2.49. The molecule has 0 fully saturated rings. The summed E-state index contributed by atoms with van der Waals surface area (Å²) in [5.74, 6) is -2.60. The minimum atomic E-state index is -1.47. The summed E-state index contributed by atoms with van der Waals surface area (Å²) in [6.07, 6.45) is 0. The van der Waals surface area contributed by atoms with E-state index in [9.17, 15) is 19.3 Å². The maximum Gasteiger partial charge on any atom is 0.338 e. The van der Waals surface area contributed by atoms with Gasteiger partial charge in [0.2, 0.25) is 0 Å². The first kappa shape index (κ1) is 15.5. The molecule has 0 spiro atoms. The summed E-state index contributed by atoms with van der Waals surface area (Å²) >= 11 is 4.26. The molecule has 0 saturated carbocycles. The van der Waals surface area contributed by atoms with Crippen LogP contribution in [0.25, 0.3) is 0 Å². The number of carboxylic acids is 1. The van der Waals surface area contributed by atoms with Gasteiger partial charge in [0.05, 0.1) is 21.4 Å². The van der Waals surface area contributed by atoms with Crippen molar-refractivity contribution in [2.75, 3.05) is 0 Å². The van der Waals surface area contributed by atoms with Crippen molar-refractivity contribution in [3.63, 3.8) is 0 Å². The zero-order valence-corrected chi connectivity index (χ0v) is 12.6. The van der Waals surface area contributed by atoms with Crippen LogP contribution >= 0.6 is 27.7 Å². The van der Waals surface area contributed by atoms with Gasteiger partial charge in [-0.25, -0.2) is 9.18 Å². The fourth-order valence-corrected chi connectivity index (χ4v) is 2.77. The van der Waals surface area contributed by atoms with Gasteiger partial charge in [-0.3, -0.25) is 10.1 Å². The van der Waals surface area contributed by atoms with E-state index in [0.717, 1.165) is 22.3 Å². The number of halogens is 2. The van der Waals surface area contributed by atoms with E-state index >= 15 is 0 Å². The second kappa shape index (κ2) is 6.23. The van der Waals surface area contributed by atoms with Gasteiger partial charge in [0.25, 0.3) is 5.69 Å². The summed E-state index contributed by atoms with van der Waals surface area (Å²) in [6.45, 7) is 0. The summed E-state index contributed by atoms with van der Waals surface area (Å²) in [5.41, 5.74) is -1.06.